The summed E-state index contributed by atoms with van der Waals surface area (Å²) in [7, 11) is 1.95. The Hall–Kier alpha value is -1.63. The van der Waals surface area contributed by atoms with Crippen LogP contribution in [0, 0.1) is 0 Å². The number of halogens is 1. The summed E-state index contributed by atoms with van der Waals surface area (Å²) in [5, 5.41) is 12.0. The minimum absolute atomic E-state index is 0.213. The molecule has 0 atom stereocenters. The molecule has 24 heavy (non-hydrogen) atoms. The van der Waals surface area contributed by atoms with Gasteiger partial charge in [0.25, 0.3) is 0 Å². The molecule has 0 fully saturated rings. The van der Waals surface area contributed by atoms with E-state index >= 15 is 0 Å². The highest BCUT2D eigenvalue weighted by molar-refractivity contribution is 7.99. The van der Waals surface area contributed by atoms with E-state index in [2.05, 4.69) is 10.2 Å². The summed E-state index contributed by atoms with van der Waals surface area (Å²) in [5.74, 6) is 1.86. The molecule has 7 heteroatoms. The maximum absolute atomic E-state index is 12.0. The number of hydrogen-bond donors (Lipinski definition) is 0. The van der Waals surface area contributed by atoms with Gasteiger partial charge < -0.3 is 4.57 Å². The summed E-state index contributed by atoms with van der Waals surface area (Å²) in [4.78, 5) is 12.8. The fraction of sp³-hybridized carbons (Fsp3) is 0.235. The molecule has 0 saturated heterocycles. The van der Waals surface area contributed by atoms with Crippen LogP contribution in [0.1, 0.15) is 22.5 Å². The first-order valence-corrected chi connectivity index (χ1v) is 9.74. The van der Waals surface area contributed by atoms with Crippen LogP contribution in [-0.2, 0) is 7.05 Å². The van der Waals surface area contributed by atoms with Crippen LogP contribution in [0.5, 0.6) is 0 Å². The highest BCUT2D eigenvalue weighted by atomic mass is 35.5. The first-order valence-electron chi connectivity index (χ1n) is 7.50. The summed E-state index contributed by atoms with van der Waals surface area (Å²) < 4.78 is 1.97. The smallest absolute Gasteiger partial charge is 0.191 e. The van der Waals surface area contributed by atoms with Gasteiger partial charge in [0.05, 0.1) is 4.88 Å². The topological polar surface area (TPSA) is 47.8 Å². The molecule has 0 bridgehead atoms. The van der Waals surface area contributed by atoms with Gasteiger partial charge >= 0.3 is 0 Å². The summed E-state index contributed by atoms with van der Waals surface area (Å²) in [6.45, 7) is 0. The van der Waals surface area contributed by atoms with Gasteiger partial charge in [-0.1, -0.05) is 29.4 Å². The SMILES string of the molecule is Cn1c(SCCCC(=O)c2cccs2)nnc1-c1ccc(Cl)cc1. The van der Waals surface area contributed by atoms with Crippen LogP contribution in [0.25, 0.3) is 11.4 Å². The van der Waals surface area contributed by atoms with E-state index in [9.17, 15) is 4.79 Å². The molecule has 0 aliphatic carbocycles. The molecule has 0 N–H and O–H groups in total. The van der Waals surface area contributed by atoms with Crippen molar-refractivity contribution in [2.75, 3.05) is 5.75 Å². The number of nitrogens with zero attached hydrogens (tertiary/aromatic N) is 3. The van der Waals surface area contributed by atoms with Crippen LogP contribution in [0.15, 0.2) is 46.9 Å². The zero-order valence-corrected chi connectivity index (χ0v) is 15.5. The van der Waals surface area contributed by atoms with E-state index in [0.717, 1.165) is 33.6 Å². The third kappa shape index (κ3) is 4.06. The number of carbonyl (C=O) groups is 1. The predicted molar refractivity (Wildman–Crippen MR) is 100 cm³/mol. The maximum atomic E-state index is 12.0. The number of rotatable bonds is 7. The Morgan fingerprint density at radius 2 is 2.04 bits per heavy atom. The van der Waals surface area contributed by atoms with Gasteiger partial charge in [-0.15, -0.1) is 21.5 Å². The lowest BCUT2D eigenvalue weighted by molar-refractivity contribution is 0.0986. The van der Waals surface area contributed by atoms with Gasteiger partial charge in [0.15, 0.2) is 16.8 Å². The number of benzene rings is 1. The van der Waals surface area contributed by atoms with Crippen LogP contribution >= 0.6 is 34.7 Å². The Kier molecular flexibility index (Phi) is 5.71. The third-order valence-electron chi connectivity index (χ3n) is 3.51. The molecule has 0 spiro atoms. The average molecular weight is 378 g/mol. The molecule has 0 unspecified atom stereocenters. The van der Waals surface area contributed by atoms with Crippen molar-refractivity contribution in [3.63, 3.8) is 0 Å². The molecule has 0 aliphatic rings. The average Bonchev–Trinajstić information content (AvgIpc) is 3.23. The fourth-order valence-electron chi connectivity index (χ4n) is 2.25. The molecular formula is C17H16ClN3OS2. The molecule has 0 aliphatic heterocycles. The number of Topliss-reactive ketones (excluding diaryl/α,β-unsaturated/α-hetero) is 1. The molecule has 0 radical (unpaired) electrons. The summed E-state index contributed by atoms with van der Waals surface area (Å²) in [5.41, 5.74) is 0.981. The molecule has 3 rings (SSSR count). The van der Waals surface area contributed by atoms with Crippen molar-refractivity contribution in [2.24, 2.45) is 7.05 Å². The Morgan fingerprint density at radius 1 is 1.25 bits per heavy atom. The van der Waals surface area contributed by atoms with Crippen LogP contribution in [0.2, 0.25) is 5.02 Å². The lowest BCUT2D eigenvalue weighted by atomic mass is 10.2. The largest absolute Gasteiger partial charge is 0.305 e. The van der Waals surface area contributed by atoms with E-state index in [4.69, 9.17) is 11.6 Å². The number of thioether (sulfide) groups is 1. The van der Waals surface area contributed by atoms with E-state index in [1.807, 2.05) is 53.4 Å². The normalized spacial score (nSPS) is 10.9. The summed E-state index contributed by atoms with van der Waals surface area (Å²) >= 11 is 9.03. The van der Waals surface area contributed by atoms with Gasteiger partial charge in [-0.05, 0) is 42.1 Å². The van der Waals surface area contributed by atoms with Crippen LogP contribution < -0.4 is 0 Å². The van der Waals surface area contributed by atoms with Gasteiger partial charge in [-0.25, -0.2) is 0 Å². The minimum atomic E-state index is 0.213. The fourth-order valence-corrected chi connectivity index (χ4v) is 3.92. The van der Waals surface area contributed by atoms with Gasteiger partial charge in [-0.2, -0.15) is 0 Å². The zero-order chi connectivity index (χ0) is 16.9. The Bertz CT molecular complexity index is 813. The van der Waals surface area contributed by atoms with Crippen molar-refractivity contribution in [1.82, 2.24) is 14.8 Å². The number of carbonyl (C=O) groups excluding carboxylic acids is 1. The van der Waals surface area contributed by atoms with Crippen molar-refractivity contribution < 1.29 is 4.79 Å². The van der Waals surface area contributed by atoms with Gasteiger partial charge in [0.1, 0.15) is 0 Å². The molecule has 2 heterocycles. The zero-order valence-electron chi connectivity index (χ0n) is 13.1. The van der Waals surface area contributed by atoms with E-state index in [1.54, 1.807) is 11.8 Å². The van der Waals surface area contributed by atoms with E-state index in [1.165, 1.54) is 11.3 Å². The van der Waals surface area contributed by atoms with Crippen molar-refractivity contribution in [3.05, 3.63) is 51.7 Å². The molecule has 4 nitrogen and oxygen atoms in total. The Balaban J connectivity index is 1.55. The van der Waals surface area contributed by atoms with E-state index < -0.39 is 0 Å². The monoisotopic (exact) mass is 377 g/mol. The van der Waals surface area contributed by atoms with Gasteiger partial charge in [0.2, 0.25) is 0 Å². The minimum Gasteiger partial charge on any atom is -0.305 e. The second-order valence-electron chi connectivity index (χ2n) is 5.22. The maximum Gasteiger partial charge on any atom is 0.191 e. The second kappa shape index (κ2) is 7.96. The first kappa shape index (κ1) is 17.2. The van der Waals surface area contributed by atoms with Gasteiger partial charge in [-0.3, -0.25) is 4.79 Å². The standard InChI is InChI=1S/C17H16ClN3OS2/c1-21-16(12-6-8-13(18)9-7-12)19-20-17(21)24-11-2-4-14(22)15-5-3-10-23-15/h3,5-10H,2,4,11H2,1H3. The molecule has 2 aromatic heterocycles. The van der Waals surface area contributed by atoms with Crippen LogP contribution in [0.3, 0.4) is 0 Å². The highest BCUT2D eigenvalue weighted by Crippen LogP contribution is 2.24. The van der Waals surface area contributed by atoms with Crippen molar-refractivity contribution in [3.8, 4) is 11.4 Å². The highest BCUT2D eigenvalue weighted by Gasteiger charge is 2.12. The number of hydrogen-bond acceptors (Lipinski definition) is 5. The third-order valence-corrected chi connectivity index (χ3v) is 5.78. The molecule has 1 aromatic carbocycles. The molecule has 124 valence electrons. The molecule has 0 amide bonds. The van der Waals surface area contributed by atoms with Crippen LogP contribution in [0.4, 0.5) is 0 Å². The summed E-state index contributed by atoms with van der Waals surface area (Å²) in [6, 6.07) is 11.3. The predicted octanol–water partition coefficient (Wildman–Crippen LogP) is 4.95. The molecular weight excluding hydrogens is 362 g/mol. The summed E-state index contributed by atoms with van der Waals surface area (Å²) in [6.07, 6.45) is 1.39. The Morgan fingerprint density at radius 3 is 2.75 bits per heavy atom. The quantitative estimate of drug-likeness (QED) is 0.332. The van der Waals surface area contributed by atoms with Crippen molar-refractivity contribution >= 4 is 40.5 Å². The number of aromatic nitrogens is 3. The number of thiophene rings is 1. The molecule has 0 saturated carbocycles. The Labute approximate surface area is 153 Å². The van der Waals surface area contributed by atoms with Gasteiger partial charge in [0, 0.05) is 29.8 Å². The van der Waals surface area contributed by atoms with E-state index in [-0.39, 0.29) is 5.78 Å². The number of ketones is 1. The van der Waals surface area contributed by atoms with E-state index in [0.29, 0.717) is 11.4 Å². The van der Waals surface area contributed by atoms with Crippen LogP contribution in [-0.4, -0.2) is 26.3 Å². The molecule has 3 aromatic rings. The lowest BCUT2D eigenvalue weighted by Crippen LogP contribution is -1.98. The second-order valence-corrected chi connectivity index (χ2v) is 7.67. The first-order chi connectivity index (χ1) is 11.6. The van der Waals surface area contributed by atoms with Crippen molar-refractivity contribution in [2.45, 2.75) is 18.0 Å². The lowest BCUT2D eigenvalue weighted by Gasteiger charge is -2.04. The van der Waals surface area contributed by atoms with Crippen molar-refractivity contribution in [1.29, 1.82) is 0 Å².